The van der Waals surface area contributed by atoms with Crippen LogP contribution in [0.2, 0.25) is 0 Å². The fraction of sp³-hybridized carbons (Fsp3) is 0.273. The number of amides is 4. The Kier molecular flexibility index (Phi) is 4.45. The van der Waals surface area contributed by atoms with Crippen LogP contribution in [0.15, 0.2) is 48.5 Å². The van der Waals surface area contributed by atoms with Gasteiger partial charge in [0.1, 0.15) is 0 Å². The van der Waals surface area contributed by atoms with Crippen molar-refractivity contribution in [2.45, 2.75) is 12.2 Å². The number of benzene rings is 2. The number of hydrogen-bond donors (Lipinski definition) is 0. The van der Waals surface area contributed by atoms with Crippen molar-refractivity contribution in [1.29, 1.82) is 0 Å². The Labute approximate surface area is 172 Å². The smallest absolute Gasteiger partial charge is 0.261 e. The van der Waals surface area contributed by atoms with Crippen LogP contribution in [0.25, 0.3) is 0 Å². The first-order chi connectivity index (χ1) is 14.5. The minimum atomic E-state index is -0.203. The molecule has 0 radical (unpaired) electrons. The summed E-state index contributed by atoms with van der Waals surface area (Å²) in [5.41, 5.74) is 2.01. The van der Waals surface area contributed by atoms with Crippen LogP contribution < -0.4 is 0 Å². The quantitative estimate of drug-likeness (QED) is 0.562. The topological polar surface area (TPSA) is 99.8 Å². The summed E-state index contributed by atoms with van der Waals surface area (Å²) >= 11 is 0. The molecule has 4 aliphatic rings. The van der Waals surface area contributed by atoms with Gasteiger partial charge in [0.05, 0.1) is 60.8 Å². The van der Waals surface area contributed by atoms with Gasteiger partial charge in [-0.2, -0.15) is 0 Å². The summed E-state index contributed by atoms with van der Waals surface area (Å²) in [6, 6.07) is 13.8. The first-order valence-corrected chi connectivity index (χ1v) is 9.68. The van der Waals surface area contributed by atoms with Crippen molar-refractivity contribution in [3.63, 3.8) is 0 Å². The molecule has 2 aromatic carbocycles. The highest BCUT2D eigenvalue weighted by atomic mass is 16.6. The second-order valence-corrected chi connectivity index (χ2v) is 7.44. The van der Waals surface area contributed by atoms with Gasteiger partial charge in [-0.15, -0.1) is 0 Å². The highest BCUT2D eigenvalue weighted by molar-refractivity contribution is 6.22. The maximum atomic E-state index is 11.8. The van der Waals surface area contributed by atoms with E-state index >= 15 is 0 Å². The predicted molar refractivity (Wildman–Crippen MR) is 103 cm³/mol. The predicted octanol–water partition coefficient (Wildman–Crippen LogP) is 1.36. The number of nitrogens with zero attached hydrogens (tertiary/aromatic N) is 2. The molecule has 2 atom stereocenters. The maximum absolute atomic E-state index is 11.8. The number of carbonyl (C=O) groups excluding carboxylic acids is 4. The zero-order valence-electron chi connectivity index (χ0n) is 15.9. The van der Waals surface area contributed by atoms with E-state index in [4.69, 9.17) is 9.47 Å². The lowest BCUT2D eigenvalue weighted by molar-refractivity contribution is 0.0628. The molecule has 30 heavy (non-hydrogen) atoms. The molecule has 0 unspecified atom stereocenters. The number of fused-ring (bicyclic) bond motifs is 2. The average Bonchev–Trinajstić information content (AvgIpc) is 3.69. The third-order valence-corrected chi connectivity index (χ3v) is 5.33. The number of rotatable bonds is 4. The van der Waals surface area contributed by atoms with Gasteiger partial charge in [0.15, 0.2) is 0 Å². The van der Waals surface area contributed by atoms with E-state index in [9.17, 15) is 19.2 Å². The summed E-state index contributed by atoms with van der Waals surface area (Å²) in [5, 5.41) is 0. The van der Waals surface area contributed by atoms with Gasteiger partial charge in [-0.1, -0.05) is 24.3 Å². The summed E-state index contributed by atoms with van der Waals surface area (Å²) < 4.78 is 10.0. The van der Waals surface area contributed by atoms with Crippen LogP contribution in [0, 0.1) is 0 Å². The molecule has 6 rings (SSSR count). The first-order valence-electron chi connectivity index (χ1n) is 9.68. The van der Waals surface area contributed by atoms with Gasteiger partial charge in [0.25, 0.3) is 23.6 Å². The lowest BCUT2D eigenvalue weighted by atomic mass is 10.1. The minimum Gasteiger partial charge on any atom is -0.371 e. The number of imide groups is 2. The zero-order valence-corrected chi connectivity index (χ0v) is 15.9. The SMILES string of the molecule is O=C1c2ccccc2C(=O)N1C[C@H]1CO1.O=C1c2ccccc2C(=O)N1C[C@H]1CO1. The first kappa shape index (κ1) is 18.7. The Hall–Kier alpha value is -3.36. The van der Waals surface area contributed by atoms with Crippen LogP contribution in [0.1, 0.15) is 41.4 Å². The minimum absolute atomic E-state index is 0.0483. The standard InChI is InChI=1S/2C11H9NO3/c2*13-10-8-3-1-2-4-9(8)11(14)12(10)5-7-6-15-7/h2*1-4,7H,5-6H2/t2*7-/m00/s1. The normalized spacial score (nSPS) is 23.2. The van der Waals surface area contributed by atoms with Crippen LogP contribution in [0.3, 0.4) is 0 Å². The van der Waals surface area contributed by atoms with Gasteiger partial charge in [-0.3, -0.25) is 29.0 Å². The van der Waals surface area contributed by atoms with E-state index in [2.05, 4.69) is 0 Å². The maximum Gasteiger partial charge on any atom is 0.261 e. The van der Waals surface area contributed by atoms with Crippen LogP contribution >= 0.6 is 0 Å². The molecule has 4 amide bonds. The summed E-state index contributed by atoms with van der Waals surface area (Å²) in [5.74, 6) is -0.811. The van der Waals surface area contributed by atoms with Gasteiger partial charge < -0.3 is 9.47 Å². The summed E-state index contributed by atoms with van der Waals surface area (Å²) in [7, 11) is 0. The van der Waals surface area contributed by atoms with Crippen LogP contribution in [-0.2, 0) is 9.47 Å². The molecule has 0 aromatic heterocycles. The molecule has 2 saturated heterocycles. The van der Waals surface area contributed by atoms with Crippen molar-refractivity contribution in [3.05, 3.63) is 70.8 Å². The molecule has 2 aromatic rings. The van der Waals surface area contributed by atoms with E-state index in [1.807, 2.05) is 0 Å². The number of epoxide rings is 2. The third-order valence-electron chi connectivity index (χ3n) is 5.33. The van der Waals surface area contributed by atoms with E-state index in [1.165, 1.54) is 9.80 Å². The van der Waals surface area contributed by atoms with E-state index in [0.717, 1.165) is 0 Å². The number of carbonyl (C=O) groups is 4. The second kappa shape index (κ2) is 7.16. The highest BCUT2D eigenvalue weighted by Gasteiger charge is 2.40. The molecule has 0 aliphatic carbocycles. The molecule has 4 aliphatic heterocycles. The van der Waals surface area contributed by atoms with E-state index in [0.29, 0.717) is 48.6 Å². The van der Waals surface area contributed by atoms with Crippen molar-refractivity contribution < 1.29 is 28.7 Å². The molecule has 8 heteroatoms. The summed E-state index contributed by atoms with van der Waals surface area (Å²) in [4.78, 5) is 49.8. The largest absolute Gasteiger partial charge is 0.371 e. The zero-order chi connectivity index (χ0) is 20.8. The Morgan fingerprint density at radius 3 is 1.10 bits per heavy atom. The van der Waals surface area contributed by atoms with Crippen LogP contribution in [-0.4, -0.2) is 71.9 Å². The summed E-state index contributed by atoms with van der Waals surface area (Å²) in [6.07, 6.45) is 0.0967. The molecular formula is C22H18N2O6. The van der Waals surface area contributed by atoms with Crippen molar-refractivity contribution in [3.8, 4) is 0 Å². The fourth-order valence-electron chi connectivity index (χ4n) is 3.56. The van der Waals surface area contributed by atoms with Gasteiger partial charge in [-0.05, 0) is 24.3 Å². The van der Waals surface area contributed by atoms with Crippen molar-refractivity contribution in [2.75, 3.05) is 26.3 Å². The van der Waals surface area contributed by atoms with E-state index in [1.54, 1.807) is 48.5 Å². The highest BCUT2D eigenvalue weighted by Crippen LogP contribution is 2.25. The lowest BCUT2D eigenvalue weighted by Crippen LogP contribution is -2.33. The van der Waals surface area contributed by atoms with Crippen LogP contribution in [0.5, 0.6) is 0 Å². The monoisotopic (exact) mass is 406 g/mol. The van der Waals surface area contributed by atoms with Crippen molar-refractivity contribution >= 4 is 23.6 Å². The van der Waals surface area contributed by atoms with Gasteiger partial charge in [-0.25, -0.2) is 0 Å². The molecule has 2 fully saturated rings. The Morgan fingerprint density at radius 1 is 0.600 bits per heavy atom. The van der Waals surface area contributed by atoms with E-state index < -0.39 is 0 Å². The van der Waals surface area contributed by atoms with Crippen molar-refractivity contribution in [1.82, 2.24) is 9.80 Å². The van der Waals surface area contributed by atoms with Gasteiger partial charge >= 0.3 is 0 Å². The Morgan fingerprint density at radius 2 is 0.867 bits per heavy atom. The average molecular weight is 406 g/mol. The van der Waals surface area contributed by atoms with Crippen LogP contribution in [0.4, 0.5) is 0 Å². The Balaban J connectivity index is 0.000000128. The van der Waals surface area contributed by atoms with Gasteiger partial charge in [0.2, 0.25) is 0 Å². The molecule has 0 N–H and O–H groups in total. The number of hydrogen-bond acceptors (Lipinski definition) is 6. The van der Waals surface area contributed by atoms with Crippen molar-refractivity contribution in [2.24, 2.45) is 0 Å². The molecule has 0 spiro atoms. The molecule has 0 saturated carbocycles. The fourth-order valence-corrected chi connectivity index (χ4v) is 3.56. The number of ether oxygens (including phenoxy) is 2. The Bertz CT molecular complexity index is 917. The third kappa shape index (κ3) is 3.30. The van der Waals surface area contributed by atoms with E-state index in [-0.39, 0.29) is 35.8 Å². The second-order valence-electron chi connectivity index (χ2n) is 7.44. The lowest BCUT2D eigenvalue weighted by Gasteiger charge is -2.10. The summed E-state index contributed by atoms with van der Waals surface area (Å²) in [6.45, 7) is 2.06. The molecular weight excluding hydrogens is 388 g/mol. The molecule has 0 bridgehead atoms. The molecule has 152 valence electrons. The van der Waals surface area contributed by atoms with Gasteiger partial charge in [0, 0.05) is 0 Å². The molecule has 8 nitrogen and oxygen atoms in total. The molecule has 4 heterocycles.